The molecule has 5 heteroatoms. The quantitative estimate of drug-likeness (QED) is 0.905. The van der Waals surface area contributed by atoms with Gasteiger partial charge < -0.3 is 9.84 Å². The monoisotopic (exact) mass is 249 g/mol. The van der Waals surface area contributed by atoms with Crippen LogP contribution in [0.25, 0.3) is 11.4 Å². The minimum absolute atomic E-state index is 0.265. The minimum atomic E-state index is -0.265. The van der Waals surface area contributed by atoms with E-state index in [4.69, 9.17) is 4.52 Å². The lowest BCUT2D eigenvalue weighted by molar-refractivity contribution is 0.362. The zero-order valence-electron chi connectivity index (χ0n) is 10.7. The van der Waals surface area contributed by atoms with E-state index >= 15 is 0 Å². The number of aromatic nitrogens is 2. The fourth-order valence-electron chi connectivity index (χ4n) is 1.47. The Morgan fingerprint density at radius 3 is 2.83 bits per heavy atom. The van der Waals surface area contributed by atoms with Crippen molar-refractivity contribution in [1.29, 1.82) is 0 Å². The number of hydrogen-bond donors (Lipinski definition) is 1. The highest BCUT2D eigenvalue weighted by Crippen LogP contribution is 2.18. The highest BCUT2D eigenvalue weighted by atomic mass is 19.1. The first-order chi connectivity index (χ1) is 8.56. The maximum Gasteiger partial charge on any atom is 0.240 e. The van der Waals surface area contributed by atoms with Gasteiger partial charge in [-0.05, 0) is 18.6 Å². The first-order valence-electron chi connectivity index (χ1n) is 5.89. The molecule has 0 saturated heterocycles. The van der Waals surface area contributed by atoms with Crippen LogP contribution >= 0.6 is 0 Å². The van der Waals surface area contributed by atoms with Gasteiger partial charge in [0.2, 0.25) is 11.7 Å². The predicted molar refractivity (Wildman–Crippen MR) is 66.4 cm³/mol. The number of benzene rings is 1. The van der Waals surface area contributed by atoms with E-state index in [1.165, 1.54) is 6.07 Å². The standard InChI is InChI=1S/C13H16FN3O/c1-8(2)15-7-12-16-13(17-18-12)10-5-4-9(3)11(14)6-10/h4-6,8,15H,7H2,1-3H3. The molecule has 2 aromatic rings. The molecule has 0 atom stereocenters. The number of aryl methyl sites for hydroxylation is 1. The van der Waals surface area contributed by atoms with Crippen molar-refractivity contribution >= 4 is 0 Å². The summed E-state index contributed by atoms with van der Waals surface area (Å²) in [7, 11) is 0. The molecule has 1 N–H and O–H groups in total. The molecule has 4 nitrogen and oxygen atoms in total. The summed E-state index contributed by atoms with van der Waals surface area (Å²) < 4.78 is 18.5. The van der Waals surface area contributed by atoms with Crippen LogP contribution in [-0.4, -0.2) is 16.2 Å². The largest absolute Gasteiger partial charge is 0.338 e. The van der Waals surface area contributed by atoms with E-state index in [0.717, 1.165) is 0 Å². The van der Waals surface area contributed by atoms with Gasteiger partial charge in [0.15, 0.2) is 0 Å². The van der Waals surface area contributed by atoms with Crippen molar-refractivity contribution in [3.63, 3.8) is 0 Å². The van der Waals surface area contributed by atoms with Crippen LogP contribution in [0.5, 0.6) is 0 Å². The molecule has 0 fully saturated rings. The Morgan fingerprint density at radius 1 is 1.39 bits per heavy atom. The van der Waals surface area contributed by atoms with Crippen molar-refractivity contribution in [3.05, 3.63) is 35.5 Å². The molecule has 1 heterocycles. The van der Waals surface area contributed by atoms with Gasteiger partial charge in [-0.15, -0.1) is 0 Å². The Labute approximate surface area is 105 Å². The SMILES string of the molecule is Cc1ccc(-c2noc(CNC(C)C)n2)cc1F. The summed E-state index contributed by atoms with van der Waals surface area (Å²) in [6.45, 7) is 6.30. The summed E-state index contributed by atoms with van der Waals surface area (Å²) in [5.74, 6) is 0.647. The van der Waals surface area contributed by atoms with E-state index in [9.17, 15) is 4.39 Å². The topological polar surface area (TPSA) is 51.0 Å². The average Bonchev–Trinajstić information content (AvgIpc) is 2.79. The van der Waals surface area contributed by atoms with Crippen molar-refractivity contribution in [2.75, 3.05) is 0 Å². The molecular formula is C13H16FN3O. The fourth-order valence-corrected chi connectivity index (χ4v) is 1.47. The average molecular weight is 249 g/mol. The third-order valence-electron chi connectivity index (χ3n) is 2.56. The molecule has 0 spiro atoms. The van der Waals surface area contributed by atoms with Gasteiger partial charge in [-0.3, -0.25) is 0 Å². The lowest BCUT2D eigenvalue weighted by Crippen LogP contribution is -2.21. The van der Waals surface area contributed by atoms with Crippen molar-refractivity contribution < 1.29 is 8.91 Å². The van der Waals surface area contributed by atoms with Crippen molar-refractivity contribution in [2.45, 2.75) is 33.4 Å². The lowest BCUT2D eigenvalue weighted by Gasteiger charge is -2.02. The zero-order valence-corrected chi connectivity index (χ0v) is 10.7. The van der Waals surface area contributed by atoms with Crippen LogP contribution in [0.2, 0.25) is 0 Å². The molecule has 0 bridgehead atoms. The predicted octanol–water partition coefficient (Wildman–Crippen LogP) is 2.68. The highest BCUT2D eigenvalue weighted by molar-refractivity contribution is 5.54. The van der Waals surface area contributed by atoms with Gasteiger partial charge in [0, 0.05) is 11.6 Å². The first kappa shape index (κ1) is 12.7. The van der Waals surface area contributed by atoms with Crippen LogP contribution in [0.3, 0.4) is 0 Å². The van der Waals surface area contributed by atoms with E-state index in [-0.39, 0.29) is 5.82 Å². The summed E-state index contributed by atoms with van der Waals surface area (Å²) in [5.41, 5.74) is 1.22. The molecule has 0 aliphatic carbocycles. The Bertz CT molecular complexity index is 537. The maximum absolute atomic E-state index is 13.4. The second-order valence-corrected chi connectivity index (χ2v) is 4.51. The van der Waals surface area contributed by atoms with E-state index in [1.807, 2.05) is 13.8 Å². The summed E-state index contributed by atoms with van der Waals surface area (Å²) >= 11 is 0. The van der Waals surface area contributed by atoms with E-state index in [0.29, 0.717) is 35.4 Å². The maximum atomic E-state index is 13.4. The molecule has 0 radical (unpaired) electrons. The van der Waals surface area contributed by atoms with Crippen LogP contribution in [0.15, 0.2) is 22.7 Å². The van der Waals surface area contributed by atoms with E-state index < -0.39 is 0 Å². The van der Waals surface area contributed by atoms with Gasteiger partial charge >= 0.3 is 0 Å². The molecule has 1 aromatic carbocycles. The fraction of sp³-hybridized carbons (Fsp3) is 0.385. The summed E-state index contributed by atoms with van der Waals surface area (Å²) in [5, 5.41) is 7.02. The van der Waals surface area contributed by atoms with Crippen LogP contribution < -0.4 is 5.32 Å². The summed E-state index contributed by atoms with van der Waals surface area (Å²) in [6, 6.07) is 5.24. The number of halogens is 1. The van der Waals surface area contributed by atoms with Crippen molar-refractivity contribution in [2.24, 2.45) is 0 Å². The van der Waals surface area contributed by atoms with Gasteiger partial charge in [0.25, 0.3) is 0 Å². The smallest absolute Gasteiger partial charge is 0.240 e. The second kappa shape index (κ2) is 5.27. The van der Waals surface area contributed by atoms with Gasteiger partial charge in [-0.25, -0.2) is 4.39 Å². The molecule has 0 aliphatic rings. The summed E-state index contributed by atoms with van der Waals surface area (Å²) in [6.07, 6.45) is 0. The van der Waals surface area contributed by atoms with E-state index in [2.05, 4.69) is 15.5 Å². The Morgan fingerprint density at radius 2 is 2.17 bits per heavy atom. The van der Waals surface area contributed by atoms with Gasteiger partial charge in [0.1, 0.15) is 5.82 Å². The molecule has 0 unspecified atom stereocenters. The Balaban J connectivity index is 2.16. The molecular weight excluding hydrogens is 233 g/mol. The van der Waals surface area contributed by atoms with Gasteiger partial charge in [-0.2, -0.15) is 4.98 Å². The second-order valence-electron chi connectivity index (χ2n) is 4.51. The summed E-state index contributed by atoms with van der Waals surface area (Å²) in [4.78, 5) is 4.22. The first-order valence-corrected chi connectivity index (χ1v) is 5.89. The van der Waals surface area contributed by atoms with Crippen LogP contribution in [0.4, 0.5) is 4.39 Å². The number of hydrogen-bond acceptors (Lipinski definition) is 4. The zero-order chi connectivity index (χ0) is 13.1. The van der Waals surface area contributed by atoms with Crippen molar-refractivity contribution in [3.8, 4) is 11.4 Å². The minimum Gasteiger partial charge on any atom is -0.338 e. The third-order valence-corrected chi connectivity index (χ3v) is 2.56. The van der Waals surface area contributed by atoms with Crippen LogP contribution in [-0.2, 0) is 6.54 Å². The van der Waals surface area contributed by atoms with Crippen LogP contribution in [0, 0.1) is 12.7 Å². The third kappa shape index (κ3) is 2.92. The normalized spacial score (nSPS) is 11.2. The van der Waals surface area contributed by atoms with Crippen LogP contribution in [0.1, 0.15) is 25.3 Å². The molecule has 1 aromatic heterocycles. The molecule has 96 valence electrons. The lowest BCUT2D eigenvalue weighted by atomic mass is 10.1. The number of nitrogens with one attached hydrogen (secondary N) is 1. The molecule has 0 amide bonds. The van der Waals surface area contributed by atoms with Crippen molar-refractivity contribution in [1.82, 2.24) is 15.5 Å². The van der Waals surface area contributed by atoms with E-state index in [1.54, 1.807) is 19.1 Å². The van der Waals surface area contributed by atoms with Gasteiger partial charge in [0.05, 0.1) is 6.54 Å². The highest BCUT2D eigenvalue weighted by Gasteiger charge is 2.10. The number of rotatable bonds is 4. The molecule has 0 aliphatic heterocycles. The molecule has 2 rings (SSSR count). The molecule has 18 heavy (non-hydrogen) atoms. The molecule has 0 saturated carbocycles. The Kier molecular flexibility index (Phi) is 3.72. The Hall–Kier alpha value is -1.75. The van der Waals surface area contributed by atoms with Gasteiger partial charge in [-0.1, -0.05) is 31.1 Å². The number of nitrogens with zero attached hydrogens (tertiary/aromatic N) is 2.